The van der Waals surface area contributed by atoms with Crippen molar-refractivity contribution in [2.75, 3.05) is 13.7 Å². The molecule has 8 heteroatoms. The number of halogens is 1. The predicted molar refractivity (Wildman–Crippen MR) is 107 cm³/mol. The summed E-state index contributed by atoms with van der Waals surface area (Å²) in [6.45, 7) is -0.319. The van der Waals surface area contributed by atoms with E-state index in [0.717, 1.165) is 5.56 Å². The van der Waals surface area contributed by atoms with Crippen molar-refractivity contribution < 1.29 is 23.2 Å². The number of carbonyl (C=O) groups excluding carboxylic acids is 2. The Kier molecular flexibility index (Phi) is 5.21. The molecule has 0 spiro atoms. The van der Waals surface area contributed by atoms with Crippen LogP contribution in [0, 0.1) is 5.82 Å². The van der Waals surface area contributed by atoms with Gasteiger partial charge in [-0.15, -0.1) is 0 Å². The van der Waals surface area contributed by atoms with E-state index in [9.17, 15) is 14.0 Å². The number of hydrogen-bond donors (Lipinski definition) is 1. The van der Waals surface area contributed by atoms with E-state index in [4.69, 9.17) is 4.52 Å². The number of rotatable bonds is 5. The first-order valence-electron chi connectivity index (χ1n) is 9.04. The zero-order valence-corrected chi connectivity index (χ0v) is 15.9. The van der Waals surface area contributed by atoms with Crippen molar-refractivity contribution in [3.8, 4) is 22.5 Å². The van der Waals surface area contributed by atoms with Gasteiger partial charge in [0.2, 0.25) is 0 Å². The topological polar surface area (TPSA) is 94.3 Å². The molecule has 0 saturated carbocycles. The monoisotopic (exact) mass is 405 g/mol. The molecule has 4 aromatic rings. The molecule has 2 heterocycles. The number of carbonyl (C=O) groups is 2. The van der Waals surface area contributed by atoms with Gasteiger partial charge in [0.15, 0.2) is 0 Å². The molecule has 2 aromatic carbocycles. The van der Waals surface area contributed by atoms with Crippen LogP contribution in [0.25, 0.3) is 33.6 Å². The van der Waals surface area contributed by atoms with E-state index in [-0.39, 0.29) is 34.5 Å². The standard InChI is InChI=1S/C22H16FN3O4/c1-29-18(27)12-24-21(28)15-11-17(13-7-3-2-4-8-13)25-22-19(15)20(26-30-22)14-9-5-6-10-16(14)23/h2-11H,12H2,1H3,(H,24,28). The van der Waals surface area contributed by atoms with E-state index >= 15 is 0 Å². The van der Waals surface area contributed by atoms with Gasteiger partial charge in [-0.1, -0.05) is 47.6 Å². The lowest BCUT2D eigenvalue weighted by molar-refractivity contribution is -0.139. The summed E-state index contributed by atoms with van der Waals surface area (Å²) in [5, 5.41) is 6.72. The molecule has 0 unspecified atom stereocenters. The largest absolute Gasteiger partial charge is 0.468 e. The van der Waals surface area contributed by atoms with Crippen LogP contribution in [0.5, 0.6) is 0 Å². The van der Waals surface area contributed by atoms with Crippen molar-refractivity contribution in [2.24, 2.45) is 0 Å². The van der Waals surface area contributed by atoms with Crippen LogP contribution in [0.2, 0.25) is 0 Å². The summed E-state index contributed by atoms with van der Waals surface area (Å²) in [7, 11) is 1.23. The fourth-order valence-electron chi connectivity index (χ4n) is 3.04. The van der Waals surface area contributed by atoms with Gasteiger partial charge >= 0.3 is 5.97 Å². The molecule has 1 amide bonds. The molecular weight excluding hydrogens is 389 g/mol. The minimum Gasteiger partial charge on any atom is -0.468 e. The average molecular weight is 405 g/mol. The summed E-state index contributed by atoms with van der Waals surface area (Å²) in [6.07, 6.45) is 0. The second-order valence-corrected chi connectivity index (χ2v) is 6.37. The van der Waals surface area contributed by atoms with Crippen LogP contribution >= 0.6 is 0 Å². The second-order valence-electron chi connectivity index (χ2n) is 6.37. The van der Waals surface area contributed by atoms with Crippen LogP contribution in [-0.2, 0) is 9.53 Å². The van der Waals surface area contributed by atoms with Crippen LogP contribution in [0.15, 0.2) is 65.2 Å². The maximum atomic E-state index is 14.4. The average Bonchev–Trinajstić information content (AvgIpc) is 3.21. The quantitative estimate of drug-likeness (QED) is 0.510. The molecule has 150 valence electrons. The number of nitrogens with zero attached hydrogens (tertiary/aromatic N) is 2. The van der Waals surface area contributed by atoms with Gasteiger partial charge in [-0.2, -0.15) is 0 Å². The van der Waals surface area contributed by atoms with Crippen LogP contribution in [0.4, 0.5) is 4.39 Å². The van der Waals surface area contributed by atoms with Crippen molar-refractivity contribution in [3.05, 3.63) is 72.0 Å². The molecule has 0 saturated heterocycles. The summed E-state index contributed by atoms with van der Waals surface area (Å²) in [4.78, 5) is 28.8. The maximum absolute atomic E-state index is 14.4. The van der Waals surface area contributed by atoms with Crippen molar-refractivity contribution in [3.63, 3.8) is 0 Å². The zero-order chi connectivity index (χ0) is 21.1. The predicted octanol–water partition coefficient (Wildman–Crippen LogP) is 3.60. The highest BCUT2D eigenvalue weighted by atomic mass is 19.1. The lowest BCUT2D eigenvalue weighted by atomic mass is 10.0. The smallest absolute Gasteiger partial charge is 0.325 e. The van der Waals surface area contributed by atoms with Gasteiger partial charge in [-0.05, 0) is 18.2 Å². The molecule has 1 N–H and O–H groups in total. The Morgan fingerprint density at radius 1 is 1.10 bits per heavy atom. The number of aromatic nitrogens is 2. The molecule has 2 aromatic heterocycles. The Hall–Kier alpha value is -4.07. The molecule has 0 aliphatic rings. The number of fused-ring (bicyclic) bond motifs is 1. The van der Waals surface area contributed by atoms with Gasteiger partial charge in [0, 0.05) is 11.1 Å². The lowest BCUT2D eigenvalue weighted by Crippen LogP contribution is -2.30. The highest BCUT2D eigenvalue weighted by Gasteiger charge is 2.23. The Morgan fingerprint density at radius 2 is 1.83 bits per heavy atom. The van der Waals surface area contributed by atoms with Crippen LogP contribution < -0.4 is 5.32 Å². The summed E-state index contributed by atoms with van der Waals surface area (Å²) < 4.78 is 24.3. The third-order valence-electron chi connectivity index (χ3n) is 4.51. The van der Waals surface area contributed by atoms with Gasteiger partial charge in [-0.25, -0.2) is 9.37 Å². The number of benzene rings is 2. The highest BCUT2D eigenvalue weighted by Crippen LogP contribution is 2.33. The summed E-state index contributed by atoms with van der Waals surface area (Å²) in [5.41, 5.74) is 1.79. The van der Waals surface area contributed by atoms with Gasteiger partial charge in [0.1, 0.15) is 18.1 Å². The molecule has 7 nitrogen and oxygen atoms in total. The Balaban J connectivity index is 1.90. The summed E-state index contributed by atoms with van der Waals surface area (Å²) in [6, 6.07) is 16.8. The van der Waals surface area contributed by atoms with E-state index in [2.05, 4.69) is 20.2 Å². The van der Waals surface area contributed by atoms with Crippen molar-refractivity contribution in [1.29, 1.82) is 0 Å². The van der Waals surface area contributed by atoms with Crippen molar-refractivity contribution in [2.45, 2.75) is 0 Å². The summed E-state index contributed by atoms with van der Waals surface area (Å²) in [5.74, 6) is -1.68. The maximum Gasteiger partial charge on any atom is 0.325 e. The number of methoxy groups -OCH3 is 1. The van der Waals surface area contributed by atoms with Gasteiger partial charge in [-0.3, -0.25) is 9.59 Å². The first-order chi connectivity index (χ1) is 14.6. The fourth-order valence-corrected chi connectivity index (χ4v) is 3.04. The highest BCUT2D eigenvalue weighted by molar-refractivity contribution is 6.11. The molecular formula is C22H16FN3O4. The van der Waals surface area contributed by atoms with Gasteiger partial charge < -0.3 is 14.6 Å². The third-order valence-corrected chi connectivity index (χ3v) is 4.51. The molecule has 0 fully saturated rings. The first kappa shape index (κ1) is 19.3. The van der Waals surface area contributed by atoms with E-state index in [1.807, 2.05) is 30.3 Å². The zero-order valence-electron chi connectivity index (χ0n) is 15.9. The Morgan fingerprint density at radius 3 is 2.57 bits per heavy atom. The van der Waals surface area contributed by atoms with E-state index in [1.165, 1.54) is 19.2 Å². The number of nitrogens with one attached hydrogen (secondary N) is 1. The molecule has 30 heavy (non-hydrogen) atoms. The molecule has 0 aliphatic heterocycles. The first-order valence-corrected chi connectivity index (χ1v) is 9.04. The van der Waals surface area contributed by atoms with Gasteiger partial charge in [0.05, 0.1) is 23.8 Å². The van der Waals surface area contributed by atoms with Gasteiger partial charge in [0.25, 0.3) is 11.6 Å². The molecule has 4 rings (SSSR count). The second kappa shape index (κ2) is 8.12. The van der Waals surface area contributed by atoms with E-state index in [0.29, 0.717) is 5.69 Å². The minimum atomic E-state index is -0.600. The fraction of sp³-hybridized carbons (Fsp3) is 0.0909. The Bertz CT molecular complexity index is 1240. The minimum absolute atomic E-state index is 0.0813. The number of pyridine rings is 1. The normalized spacial score (nSPS) is 10.7. The van der Waals surface area contributed by atoms with Crippen molar-refractivity contribution in [1.82, 2.24) is 15.5 Å². The number of esters is 1. The van der Waals surface area contributed by atoms with E-state index < -0.39 is 17.7 Å². The Labute approximate surface area is 170 Å². The molecule has 0 radical (unpaired) electrons. The molecule has 0 bridgehead atoms. The van der Waals surface area contributed by atoms with Crippen LogP contribution in [0.3, 0.4) is 0 Å². The SMILES string of the molecule is COC(=O)CNC(=O)c1cc(-c2ccccc2)nc2onc(-c3ccccc3F)c12. The number of hydrogen-bond acceptors (Lipinski definition) is 6. The number of ether oxygens (including phenoxy) is 1. The van der Waals surface area contributed by atoms with Crippen LogP contribution in [-0.4, -0.2) is 35.7 Å². The van der Waals surface area contributed by atoms with E-state index in [1.54, 1.807) is 18.2 Å². The number of amides is 1. The molecule has 0 atom stereocenters. The van der Waals surface area contributed by atoms with Crippen molar-refractivity contribution >= 4 is 23.0 Å². The van der Waals surface area contributed by atoms with Crippen LogP contribution in [0.1, 0.15) is 10.4 Å². The molecule has 0 aliphatic carbocycles. The lowest BCUT2D eigenvalue weighted by Gasteiger charge is -2.08. The third kappa shape index (κ3) is 3.62. The summed E-state index contributed by atoms with van der Waals surface area (Å²) >= 11 is 0.